The van der Waals surface area contributed by atoms with Crippen LogP contribution in [0, 0.1) is 0 Å². The highest BCUT2D eigenvalue weighted by Crippen LogP contribution is 2.10. The van der Waals surface area contributed by atoms with E-state index >= 15 is 0 Å². The molecule has 0 heterocycles. The highest BCUT2D eigenvalue weighted by Gasteiger charge is 2.23. The minimum absolute atomic E-state index is 0.0743. The van der Waals surface area contributed by atoms with Gasteiger partial charge in [-0.05, 0) is 19.4 Å². The van der Waals surface area contributed by atoms with Crippen LogP contribution in [-0.4, -0.2) is 68.2 Å². The van der Waals surface area contributed by atoms with E-state index < -0.39 is 21.8 Å². The lowest BCUT2D eigenvalue weighted by Crippen LogP contribution is -2.49. The molecule has 8 heteroatoms. The number of ketones is 1. The molecule has 0 fully saturated rings. The average molecular weight is 361 g/mol. The molecule has 0 saturated carbocycles. The van der Waals surface area contributed by atoms with Gasteiger partial charge in [-0.3, -0.25) is 4.79 Å². The first kappa shape index (κ1) is 22.5. The van der Waals surface area contributed by atoms with Gasteiger partial charge >= 0.3 is 5.97 Å². The maximum atomic E-state index is 11.7. The van der Waals surface area contributed by atoms with Crippen molar-refractivity contribution < 1.29 is 31.8 Å². The molecule has 0 radical (unpaired) electrons. The summed E-state index contributed by atoms with van der Waals surface area (Å²) in [5.74, 6) is -1.03. The van der Waals surface area contributed by atoms with Crippen LogP contribution in [-0.2, 0) is 24.4 Å². The van der Waals surface area contributed by atoms with Crippen molar-refractivity contribution in [2.45, 2.75) is 26.7 Å². The van der Waals surface area contributed by atoms with Crippen LogP contribution in [0.5, 0.6) is 0 Å². The normalized spacial score (nSPS) is 13.8. The molecule has 0 rings (SSSR count). The summed E-state index contributed by atoms with van der Waals surface area (Å²) >= 11 is 0. The van der Waals surface area contributed by atoms with Crippen molar-refractivity contribution in [2.24, 2.45) is 0 Å². The number of Topliss-reactive ketones (excluding diaryl/α,β-unsaturated/α-hetero) is 1. The molecule has 0 amide bonds. The third-order valence-electron chi connectivity index (χ3n) is 3.66. The van der Waals surface area contributed by atoms with E-state index in [-0.39, 0.29) is 25.2 Å². The zero-order valence-corrected chi connectivity index (χ0v) is 15.5. The highest BCUT2D eigenvalue weighted by atomic mass is 32.2. The average Bonchev–Trinajstić information content (AvgIpc) is 2.43. The number of quaternary nitrogens is 1. The van der Waals surface area contributed by atoms with Crippen LogP contribution in [0.3, 0.4) is 0 Å². The van der Waals surface area contributed by atoms with E-state index in [0.29, 0.717) is 35.3 Å². The molecule has 0 spiro atoms. The van der Waals surface area contributed by atoms with Gasteiger partial charge in [-0.25, -0.2) is 13.2 Å². The van der Waals surface area contributed by atoms with Gasteiger partial charge in [-0.15, -0.1) is 0 Å². The van der Waals surface area contributed by atoms with Crippen LogP contribution in [0.2, 0.25) is 0 Å². The monoisotopic (exact) mass is 361 g/mol. The van der Waals surface area contributed by atoms with E-state index in [1.54, 1.807) is 13.8 Å². The Balaban J connectivity index is 4.72. The van der Waals surface area contributed by atoms with E-state index in [0.717, 1.165) is 0 Å². The molecule has 0 aromatic heterocycles. The maximum absolute atomic E-state index is 11.7. The van der Waals surface area contributed by atoms with Crippen LogP contribution in [0.15, 0.2) is 24.3 Å². The van der Waals surface area contributed by atoms with Gasteiger partial charge in [-0.2, -0.15) is 0 Å². The number of likely N-dealkylation sites (N-methyl/N-ethyl adjacent to an activating group) is 1. The Bertz CT molecular complexity index is 596. The molecule has 1 unspecified atom stereocenters. The second-order valence-electron chi connectivity index (χ2n) is 6.28. The van der Waals surface area contributed by atoms with Crippen LogP contribution >= 0.6 is 0 Å². The summed E-state index contributed by atoms with van der Waals surface area (Å²) in [6, 6.07) is 0. The molecule has 138 valence electrons. The van der Waals surface area contributed by atoms with Gasteiger partial charge in [0.25, 0.3) is 0 Å². The van der Waals surface area contributed by atoms with Gasteiger partial charge in [0.1, 0.15) is 13.2 Å². The maximum Gasteiger partial charge on any atom is 0.333 e. The Labute approximate surface area is 144 Å². The molecule has 0 aliphatic heterocycles. The quantitative estimate of drug-likeness (QED) is 0.223. The number of carbonyl (C=O) groups is 2. The van der Waals surface area contributed by atoms with Crippen molar-refractivity contribution >= 4 is 21.9 Å². The van der Waals surface area contributed by atoms with Crippen molar-refractivity contribution in [2.75, 3.05) is 39.0 Å². The molecule has 0 saturated heterocycles. The molecule has 0 aliphatic carbocycles. The largest absolute Gasteiger partial charge is 0.748 e. The van der Waals surface area contributed by atoms with Gasteiger partial charge in [0, 0.05) is 17.7 Å². The van der Waals surface area contributed by atoms with Crippen molar-refractivity contribution in [3.05, 3.63) is 24.3 Å². The molecule has 0 aromatic carbocycles. The zero-order chi connectivity index (χ0) is 19.0. The van der Waals surface area contributed by atoms with E-state index in [1.165, 1.54) is 0 Å². The number of esters is 1. The van der Waals surface area contributed by atoms with Gasteiger partial charge < -0.3 is 13.8 Å². The number of hydrogen-bond donors (Lipinski definition) is 0. The predicted octanol–water partition coefficient (Wildman–Crippen LogP) is 1.02. The third kappa shape index (κ3) is 10.3. The van der Waals surface area contributed by atoms with E-state index in [2.05, 4.69) is 13.2 Å². The van der Waals surface area contributed by atoms with Crippen LogP contribution in [0.1, 0.15) is 26.7 Å². The summed E-state index contributed by atoms with van der Waals surface area (Å²) in [6.07, 6.45) is 0.433. The third-order valence-corrected chi connectivity index (χ3v) is 4.45. The lowest BCUT2D eigenvalue weighted by atomic mass is 10.1. The Morgan fingerprint density at radius 2 is 1.67 bits per heavy atom. The fraction of sp³-hybridized carbons (Fsp3) is 0.625. The second-order valence-corrected chi connectivity index (χ2v) is 7.80. The first-order valence-corrected chi connectivity index (χ1v) is 9.22. The van der Waals surface area contributed by atoms with Gasteiger partial charge in [-0.1, -0.05) is 13.2 Å². The summed E-state index contributed by atoms with van der Waals surface area (Å²) in [4.78, 5) is 23.2. The molecule has 7 nitrogen and oxygen atoms in total. The summed E-state index contributed by atoms with van der Waals surface area (Å²) in [5, 5.41) is 0. The van der Waals surface area contributed by atoms with Crippen LogP contribution in [0.25, 0.3) is 0 Å². The number of carbonyl (C=O) groups excluding carboxylic acids is 2. The Kier molecular flexibility index (Phi) is 9.09. The van der Waals surface area contributed by atoms with E-state index in [4.69, 9.17) is 4.74 Å². The summed E-state index contributed by atoms with van der Waals surface area (Å²) in [7, 11) is -2.44. The first-order chi connectivity index (χ1) is 10.9. The predicted molar refractivity (Wildman–Crippen MR) is 90.2 cm³/mol. The van der Waals surface area contributed by atoms with Crippen molar-refractivity contribution in [3.63, 3.8) is 0 Å². The van der Waals surface area contributed by atoms with Gasteiger partial charge in [0.15, 0.2) is 5.78 Å². The van der Waals surface area contributed by atoms with E-state index in [1.807, 2.05) is 7.05 Å². The summed E-state index contributed by atoms with van der Waals surface area (Å²) in [6.45, 7) is 11.6. The Hall–Kier alpha value is -1.51. The number of allylic oxidation sites excluding steroid dienone is 1. The smallest absolute Gasteiger partial charge is 0.333 e. The summed E-state index contributed by atoms with van der Waals surface area (Å²) in [5.41, 5.74) is 0.747. The fourth-order valence-corrected chi connectivity index (χ4v) is 2.51. The van der Waals surface area contributed by atoms with Crippen LogP contribution < -0.4 is 0 Å². The number of rotatable bonds is 12. The molecular formula is C16H27NO6S. The Morgan fingerprint density at radius 3 is 2.12 bits per heavy atom. The van der Waals surface area contributed by atoms with E-state index in [9.17, 15) is 22.6 Å². The molecule has 0 N–H and O–H groups in total. The molecular weight excluding hydrogens is 334 g/mol. The van der Waals surface area contributed by atoms with Crippen molar-refractivity contribution in [1.82, 2.24) is 0 Å². The standard InChI is InChI=1S/C16H27NO6S/c1-13(2)15(18)7-9-17(5,8-6-12-24(20,21)22)10-11-23-16(19)14(3)4/h1,3,6-12H2,2,4-5H3. The number of ether oxygens (including phenoxy) is 1. The minimum atomic E-state index is -4.27. The minimum Gasteiger partial charge on any atom is -0.748 e. The highest BCUT2D eigenvalue weighted by molar-refractivity contribution is 7.85. The second kappa shape index (κ2) is 9.71. The molecule has 0 aliphatic rings. The first-order valence-electron chi connectivity index (χ1n) is 7.65. The van der Waals surface area contributed by atoms with Crippen molar-refractivity contribution in [3.8, 4) is 0 Å². The topological polar surface area (TPSA) is 101 Å². The lowest BCUT2D eigenvalue weighted by Gasteiger charge is -2.34. The lowest BCUT2D eigenvalue weighted by molar-refractivity contribution is -0.909. The summed E-state index contributed by atoms with van der Waals surface area (Å²) < 4.78 is 37.6. The molecule has 24 heavy (non-hydrogen) atoms. The number of nitrogens with zero attached hydrogens (tertiary/aromatic N) is 1. The molecule has 0 bridgehead atoms. The Morgan fingerprint density at radius 1 is 1.08 bits per heavy atom. The molecule has 0 aromatic rings. The zero-order valence-electron chi connectivity index (χ0n) is 14.7. The van der Waals surface area contributed by atoms with Crippen molar-refractivity contribution in [1.29, 1.82) is 0 Å². The van der Waals surface area contributed by atoms with Gasteiger partial charge in [0.05, 0.1) is 36.7 Å². The SMILES string of the molecule is C=C(C)C(=O)CC[N+](C)(CCCS(=O)(=O)[O-])CCOC(=O)C(=C)C. The van der Waals surface area contributed by atoms with Gasteiger partial charge in [0.2, 0.25) is 0 Å². The fourth-order valence-electron chi connectivity index (χ4n) is 2.03. The number of hydrogen-bond acceptors (Lipinski definition) is 6. The van der Waals surface area contributed by atoms with Crippen LogP contribution in [0.4, 0.5) is 0 Å². The molecule has 1 atom stereocenters.